The predicted octanol–water partition coefficient (Wildman–Crippen LogP) is 1.83. The molecule has 1 aliphatic carbocycles. The zero-order chi connectivity index (χ0) is 20.7. The summed E-state index contributed by atoms with van der Waals surface area (Å²) >= 11 is 0. The van der Waals surface area contributed by atoms with E-state index in [9.17, 15) is 14.4 Å². The average molecular weight is 407 g/mol. The zero-order valence-electron chi connectivity index (χ0n) is 16.8. The molecular weight excluding hydrogens is 382 g/mol. The summed E-state index contributed by atoms with van der Waals surface area (Å²) in [6.07, 6.45) is 8.37. The Kier molecular flexibility index (Phi) is 4.84. The molecule has 2 aromatic rings. The Bertz CT molecular complexity index is 1030. The molecule has 2 amide bonds. The van der Waals surface area contributed by atoms with Gasteiger partial charge in [-0.05, 0) is 50.7 Å². The minimum Gasteiger partial charge on any atom is -0.332 e. The first kappa shape index (κ1) is 19.0. The van der Waals surface area contributed by atoms with Crippen LogP contribution in [-0.4, -0.2) is 49.7 Å². The van der Waals surface area contributed by atoms with Gasteiger partial charge in [0.1, 0.15) is 5.82 Å². The lowest BCUT2D eigenvalue weighted by Gasteiger charge is -2.36. The molecule has 0 aromatic carbocycles. The van der Waals surface area contributed by atoms with Crippen molar-refractivity contribution in [1.82, 2.24) is 24.8 Å². The van der Waals surface area contributed by atoms with E-state index in [4.69, 9.17) is 4.98 Å². The maximum Gasteiger partial charge on any atom is 0.255 e. The van der Waals surface area contributed by atoms with Gasteiger partial charge in [-0.15, -0.1) is 0 Å². The first-order valence-electron chi connectivity index (χ1n) is 10.7. The number of carbonyl (C=O) groups is 2. The molecule has 4 heterocycles. The Morgan fingerprint density at radius 2 is 2.00 bits per heavy atom. The normalized spacial score (nSPS) is 21.3. The van der Waals surface area contributed by atoms with E-state index in [2.05, 4.69) is 9.97 Å². The van der Waals surface area contributed by atoms with E-state index in [1.165, 1.54) is 0 Å². The predicted molar refractivity (Wildman–Crippen MR) is 109 cm³/mol. The van der Waals surface area contributed by atoms with E-state index < -0.39 is 0 Å². The molecule has 0 bridgehead atoms. The van der Waals surface area contributed by atoms with Gasteiger partial charge in [-0.1, -0.05) is 0 Å². The van der Waals surface area contributed by atoms with Crippen molar-refractivity contribution in [3.8, 4) is 0 Å². The van der Waals surface area contributed by atoms with Crippen molar-refractivity contribution in [3.05, 3.63) is 57.5 Å². The standard InChI is InChI=1S/C22H25N5O3/c28-20-16-8-11-26(21(29)15-4-3-9-23-12-15)13-17(16)24-19(25-20)18-5-1-2-10-27(18)22(30)14-6-7-14/h3-4,9,12,14,18H,1-2,5-8,10-11,13H2,(H,24,25,28)/t18-/m1/s1. The van der Waals surface area contributed by atoms with E-state index in [0.717, 1.165) is 32.1 Å². The van der Waals surface area contributed by atoms with E-state index in [1.54, 1.807) is 29.4 Å². The van der Waals surface area contributed by atoms with Crippen molar-refractivity contribution in [2.24, 2.45) is 5.92 Å². The summed E-state index contributed by atoms with van der Waals surface area (Å²) in [5, 5.41) is 0. The molecule has 0 spiro atoms. The molecule has 1 atom stereocenters. The number of pyridine rings is 1. The van der Waals surface area contributed by atoms with Crippen LogP contribution < -0.4 is 5.56 Å². The number of carbonyl (C=O) groups excluding carboxylic acids is 2. The number of hydrogen-bond acceptors (Lipinski definition) is 5. The smallest absolute Gasteiger partial charge is 0.255 e. The van der Waals surface area contributed by atoms with Gasteiger partial charge in [0.2, 0.25) is 5.91 Å². The molecule has 156 valence electrons. The van der Waals surface area contributed by atoms with E-state index in [-0.39, 0.29) is 29.3 Å². The topological polar surface area (TPSA) is 99.3 Å². The van der Waals surface area contributed by atoms with Crippen LogP contribution in [-0.2, 0) is 17.8 Å². The molecule has 2 aromatic heterocycles. The number of aromatic amines is 1. The molecule has 1 N–H and O–H groups in total. The van der Waals surface area contributed by atoms with Crippen molar-refractivity contribution in [1.29, 1.82) is 0 Å². The molecular formula is C22H25N5O3. The Labute approximate surface area is 174 Å². The number of fused-ring (bicyclic) bond motifs is 1. The third-order valence-corrected chi connectivity index (χ3v) is 6.32. The molecule has 0 unspecified atom stereocenters. The van der Waals surface area contributed by atoms with E-state index in [0.29, 0.717) is 48.7 Å². The first-order valence-corrected chi connectivity index (χ1v) is 10.7. The zero-order valence-corrected chi connectivity index (χ0v) is 16.8. The molecule has 30 heavy (non-hydrogen) atoms. The summed E-state index contributed by atoms with van der Waals surface area (Å²) in [5.74, 6) is 0.778. The minimum atomic E-state index is -0.186. The van der Waals surface area contributed by atoms with Crippen LogP contribution in [0, 0.1) is 5.92 Å². The van der Waals surface area contributed by atoms with Gasteiger partial charge >= 0.3 is 0 Å². The highest BCUT2D eigenvalue weighted by Crippen LogP contribution is 2.37. The maximum absolute atomic E-state index is 12.8. The number of amides is 2. The summed E-state index contributed by atoms with van der Waals surface area (Å²) in [4.78, 5) is 53.7. The summed E-state index contributed by atoms with van der Waals surface area (Å²) in [7, 11) is 0. The van der Waals surface area contributed by atoms with E-state index >= 15 is 0 Å². The first-order chi connectivity index (χ1) is 14.6. The largest absolute Gasteiger partial charge is 0.332 e. The number of hydrogen-bond donors (Lipinski definition) is 1. The highest BCUT2D eigenvalue weighted by Gasteiger charge is 2.39. The molecule has 0 radical (unpaired) electrons. The van der Waals surface area contributed by atoms with Gasteiger partial charge in [-0.2, -0.15) is 0 Å². The van der Waals surface area contributed by atoms with Crippen LogP contribution in [0.4, 0.5) is 0 Å². The van der Waals surface area contributed by atoms with Crippen LogP contribution in [0.2, 0.25) is 0 Å². The highest BCUT2D eigenvalue weighted by atomic mass is 16.2. The Morgan fingerprint density at radius 3 is 2.77 bits per heavy atom. The van der Waals surface area contributed by atoms with E-state index in [1.807, 2.05) is 4.90 Å². The fourth-order valence-corrected chi connectivity index (χ4v) is 4.51. The van der Waals surface area contributed by atoms with Gasteiger partial charge < -0.3 is 14.8 Å². The van der Waals surface area contributed by atoms with Crippen molar-refractivity contribution in [3.63, 3.8) is 0 Å². The van der Waals surface area contributed by atoms with Gasteiger partial charge in [0.25, 0.3) is 11.5 Å². The number of nitrogens with one attached hydrogen (secondary N) is 1. The minimum absolute atomic E-state index is 0.111. The van der Waals surface area contributed by atoms with Crippen LogP contribution >= 0.6 is 0 Å². The molecule has 2 fully saturated rings. The van der Waals surface area contributed by atoms with Gasteiger partial charge in [0.15, 0.2) is 0 Å². The second kappa shape index (κ2) is 7.66. The fraction of sp³-hybridized carbons (Fsp3) is 0.500. The summed E-state index contributed by atoms with van der Waals surface area (Å²) in [6, 6.07) is 3.29. The summed E-state index contributed by atoms with van der Waals surface area (Å²) in [5.41, 5.74) is 1.67. The average Bonchev–Trinajstić information content (AvgIpc) is 3.64. The molecule has 3 aliphatic rings. The van der Waals surface area contributed by atoms with Gasteiger partial charge in [-0.3, -0.25) is 19.4 Å². The number of H-pyrrole nitrogens is 1. The second-order valence-corrected chi connectivity index (χ2v) is 8.41. The summed E-state index contributed by atoms with van der Waals surface area (Å²) < 4.78 is 0. The lowest BCUT2D eigenvalue weighted by Crippen LogP contribution is -2.43. The van der Waals surface area contributed by atoms with Crippen molar-refractivity contribution in [2.75, 3.05) is 13.1 Å². The van der Waals surface area contributed by atoms with Gasteiger partial charge in [0, 0.05) is 37.0 Å². The third-order valence-electron chi connectivity index (χ3n) is 6.32. The Balaban J connectivity index is 1.43. The third kappa shape index (κ3) is 3.51. The summed E-state index contributed by atoms with van der Waals surface area (Å²) in [6.45, 7) is 1.48. The molecule has 8 nitrogen and oxygen atoms in total. The molecule has 5 rings (SSSR count). The number of piperidine rings is 1. The SMILES string of the molecule is O=C(c1cccnc1)N1CCc2c(nc([C@H]3CCCCN3C(=O)C3CC3)[nH]c2=O)C1. The lowest BCUT2D eigenvalue weighted by atomic mass is 9.99. The lowest BCUT2D eigenvalue weighted by molar-refractivity contribution is -0.136. The Hall–Kier alpha value is -3.03. The van der Waals surface area contributed by atoms with Crippen LogP contribution in [0.25, 0.3) is 0 Å². The molecule has 2 aliphatic heterocycles. The molecule has 1 saturated carbocycles. The fourth-order valence-electron chi connectivity index (χ4n) is 4.51. The van der Waals surface area contributed by atoms with Gasteiger partial charge in [0.05, 0.1) is 23.8 Å². The maximum atomic E-state index is 12.8. The molecule has 1 saturated heterocycles. The highest BCUT2D eigenvalue weighted by molar-refractivity contribution is 5.94. The van der Waals surface area contributed by atoms with Crippen molar-refractivity contribution >= 4 is 11.8 Å². The van der Waals surface area contributed by atoms with Crippen molar-refractivity contribution < 1.29 is 9.59 Å². The van der Waals surface area contributed by atoms with Crippen LogP contribution in [0.1, 0.15) is 65.6 Å². The van der Waals surface area contributed by atoms with Crippen LogP contribution in [0.5, 0.6) is 0 Å². The number of rotatable bonds is 3. The number of likely N-dealkylation sites (tertiary alicyclic amines) is 1. The number of aromatic nitrogens is 3. The monoisotopic (exact) mass is 407 g/mol. The quantitative estimate of drug-likeness (QED) is 0.837. The second-order valence-electron chi connectivity index (χ2n) is 8.41. The van der Waals surface area contributed by atoms with Crippen molar-refractivity contribution in [2.45, 2.75) is 51.1 Å². The van der Waals surface area contributed by atoms with Gasteiger partial charge in [-0.25, -0.2) is 4.98 Å². The molecule has 8 heteroatoms. The van der Waals surface area contributed by atoms with Crippen LogP contribution in [0.3, 0.4) is 0 Å². The van der Waals surface area contributed by atoms with Crippen LogP contribution in [0.15, 0.2) is 29.3 Å². The number of nitrogens with zero attached hydrogens (tertiary/aromatic N) is 4. The Morgan fingerprint density at radius 1 is 1.13 bits per heavy atom.